The summed E-state index contributed by atoms with van der Waals surface area (Å²) in [6.07, 6.45) is 3.25. The molecule has 0 fully saturated rings. The van der Waals surface area contributed by atoms with Crippen LogP contribution in [-0.2, 0) is 0 Å². The maximum atomic E-state index is 9.71. The second-order valence-electron chi connectivity index (χ2n) is 3.62. The molecule has 0 atom stereocenters. The van der Waals surface area contributed by atoms with Crippen LogP contribution < -0.4 is 0 Å². The fraction of sp³-hybridized carbons (Fsp3) is 0. The molecule has 0 saturated heterocycles. The third-order valence-corrected chi connectivity index (χ3v) is 3.39. The van der Waals surface area contributed by atoms with Crippen molar-refractivity contribution in [1.29, 1.82) is 0 Å². The minimum atomic E-state index is 0.253. The summed E-state index contributed by atoms with van der Waals surface area (Å²) in [6, 6.07) is 10.9. The summed E-state index contributed by atoms with van der Waals surface area (Å²) in [5.74, 6) is 0.253. The number of fused-ring (bicyclic) bond motifs is 1. The monoisotopic (exact) mass is 255 g/mol. The molecule has 2 aromatic heterocycles. The van der Waals surface area contributed by atoms with E-state index >= 15 is 0 Å². The number of phenolic OH excluding ortho intramolecular Hbond substituents is 1. The molecule has 5 heteroatoms. The molecule has 0 saturated carbocycles. The van der Waals surface area contributed by atoms with E-state index in [0.717, 1.165) is 15.4 Å². The number of hydrogen-bond acceptors (Lipinski definition) is 5. The second kappa shape index (κ2) is 4.62. The van der Waals surface area contributed by atoms with Gasteiger partial charge in [0.15, 0.2) is 5.65 Å². The molecule has 1 N–H and O–H groups in total. The van der Waals surface area contributed by atoms with Gasteiger partial charge >= 0.3 is 0 Å². The normalized spacial score (nSPS) is 10.7. The smallest absolute Gasteiger partial charge is 0.179 e. The maximum Gasteiger partial charge on any atom is 0.179 e. The van der Waals surface area contributed by atoms with E-state index in [1.165, 1.54) is 11.8 Å². The van der Waals surface area contributed by atoms with Gasteiger partial charge in [0.2, 0.25) is 0 Å². The summed E-state index contributed by atoms with van der Waals surface area (Å²) in [5.41, 5.74) is 1.37. The van der Waals surface area contributed by atoms with E-state index in [2.05, 4.69) is 15.0 Å². The van der Waals surface area contributed by atoms with Gasteiger partial charge in [-0.25, -0.2) is 9.97 Å². The number of phenols is 1. The number of hydrogen-bond donors (Lipinski definition) is 1. The summed E-state index contributed by atoms with van der Waals surface area (Å²) in [7, 11) is 0. The summed E-state index contributed by atoms with van der Waals surface area (Å²) < 4.78 is 0. The van der Waals surface area contributed by atoms with Crippen molar-refractivity contribution < 1.29 is 5.11 Å². The highest BCUT2D eigenvalue weighted by molar-refractivity contribution is 7.99. The molecule has 1 aromatic carbocycles. The van der Waals surface area contributed by atoms with Gasteiger partial charge in [-0.15, -0.1) is 0 Å². The third kappa shape index (κ3) is 2.12. The molecule has 18 heavy (non-hydrogen) atoms. The summed E-state index contributed by atoms with van der Waals surface area (Å²) in [4.78, 5) is 13.5. The van der Waals surface area contributed by atoms with E-state index in [4.69, 9.17) is 0 Å². The number of aromatic nitrogens is 3. The molecule has 3 rings (SSSR count). The number of rotatable bonds is 2. The first-order valence-corrected chi connectivity index (χ1v) is 6.18. The molecule has 2 heterocycles. The van der Waals surface area contributed by atoms with E-state index in [1.807, 2.05) is 24.3 Å². The molecule has 0 aliphatic carbocycles. The third-order valence-electron chi connectivity index (χ3n) is 2.39. The Kier molecular flexibility index (Phi) is 2.82. The van der Waals surface area contributed by atoms with Gasteiger partial charge in [-0.05, 0) is 24.3 Å². The van der Waals surface area contributed by atoms with E-state index in [9.17, 15) is 5.11 Å². The minimum absolute atomic E-state index is 0.253. The van der Waals surface area contributed by atoms with Crippen LogP contribution in [0.1, 0.15) is 0 Å². The van der Waals surface area contributed by atoms with Gasteiger partial charge in [-0.3, -0.25) is 4.98 Å². The van der Waals surface area contributed by atoms with Crippen LogP contribution in [0.25, 0.3) is 11.2 Å². The summed E-state index contributed by atoms with van der Waals surface area (Å²) >= 11 is 1.40. The maximum absolute atomic E-state index is 9.71. The highest BCUT2D eigenvalue weighted by atomic mass is 32.2. The summed E-state index contributed by atoms with van der Waals surface area (Å²) in [6.45, 7) is 0. The SMILES string of the molecule is Oc1ccccc1Sc1ccc2nccnc2n1. The van der Waals surface area contributed by atoms with Crippen molar-refractivity contribution in [2.45, 2.75) is 9.92 Å². The Morgan fingerprint density at radius 1 is 0.944 bits per heavy atom. The largest absolute Gasteiger partial charge is 0.507 e. The number of pyridine rings is 1. The Labute approximate surface area is 108 Å². The van der Waals surface area contributed by atoms with Gasteiger partial charge in [0.1, 0.15) is 16.3 Å². The predicted molar refractivity (Wildman–Crippen MR) is 69.6 cm³/mol. The van der Waals surface area contributed by atoms with Crippen LogP contribution in [0.2, 0.25) is 0 Å². The zero-order valence-corrected chi connectivity index (χ0v) is 10.1. The van der Waals surface area contributed by atoms with Crippen LogP contribution in [0.5, 0.6) is 5.75 Å². The van der Waals surface area contributed by atoms with Gasteiger partial charge in [-0.2, -0.15) is 0 Å². The molecule has 0 aliphatic rings. The standard InChI is InChI=1S/C13H9N3OS/c17-10-3-1-2-4-11(10)18-12-6-5-9-13(16-12)15-8-7-14-9/h1-8,17H. The van der Waals surface area contributed by atoms with Crippen LogP contribution in [-0.4, -0.2) is 20.1 Å². The van der Waals surface area contributed by atoms with Gasteiger partial charge < -0.3 is 5.11 Å². The van der Waals surface area contributed by atoms with Gasteiger partial charge in [0.25, 0.3) is 0 Å². The second-order valence-corrected chi connectivity index (χ2v) is 4.68. The minimum Gasteiger partial charge on any atom is -0.507 e. The Bertz CT molecular complexity index is 702. The lowest BCUT2D eigenvalue weighted by Gasteiger charge is -2.03. The molecule has 0 radical (unpaired) electrons. The van der Waals surface area contributed by atoms with Crippen molar-refractivity contribution in [3.05, 3.63) is 48.8 Å². The van der Waals surface area contributed by atoms with Gasteiger partial charge in [0.05, 0.1) is 4.90 Å². The first-order chi connectivity index (χ1) is 8.83. The number of para-hydroxylation sites is 1. The fourth-order valence-corrected chi connectivity index (χ4v) is 2.36. The van der Waals surface area contributed by atoms with Crippen LogP contribution in [0.4, 0.5) is 0 Å². The number of nitrogens with zero attached hydrogens (tertiary/aromatic N) is 3. The summed E-state index contributed by atoms with van der Waals surface area (Å²) in [5, 5.41) is 10.5. The molecule has 0 amide bonds. The average molecular weight is 255 g/mol. The number of benzene rings is 1. The van der Waals surface area contributed by atoms with E-state index in [0.29, 0.717) is 5.65 Å². The van der Waals surface area contributed by atoms with Crippen LogP contribution >= 0.6 is 11.8 Å². The van der Waals surface area contributed by atoms with Crippen LogP contribution in [0.3, 0.4) is 0 Å². The quantitative estimate of drug-likeness (QED) is 0.763. The topological polar surface area (TPSA) is 58.9 Å². The first kappa shape index (κ1) is 11.0. The number of aromatic hydroxyl groups is 1. The Balaban J connectivity index is 1.98. The lowest BCUT2D eigenvalue weighted by Crippen LogP contribution is -1.87. The van der Waals surface area contributed by atoms with Crippen molar-refractivity contribution in [2.75, 3.05) is 0 Å². The van der Waals surface area contributed by atoms with Crippen molar-refractivity contribution >= 4 is 22.9 Å². The highest BCUT2D eigenvalue weighted by Crippen LogP contribution is 2.33. The molecule has 0 unspecified atom stereocenters. The Morgan fingerprint density at radius 3 is 2.67 bits per heavy atom. The molecular formula is C13H9N3OS. The van der Waals surface area contributed by atoms with Crippen molar-refractivity contribution in [3.8, 4) is 5.75 Å². The molecule has 0 spiro atoms. The lowest BCUT2D eigenvalue weighted by molar-refractivity contribution is 0.462. The fourth-order valence-electron chi connectivity index (χ4n) is 1.55. The zero-order chi connectivity index (χ0) is 12.4. The predicted octanol–water partition coefficient (Wildman–Crippen LogP) is 2.88. The Hall–Kier alpha value is -2.14. The first-order valence-electron chi connectivity index (χ1n) is 5.36. The average Bonchev–Trinajstić information content (AvgIpc) is 2.41. The van der Waals surface area contributed by atoms with Crippen LogP contribution in [0, 0.1) is 0 Å². The van der Waals surface area contributed by atoms with Crippen molar-refractivity contribution in [2.24, 2.45) is 0 Å². The molecule has 0 aliphatic heterocycles. The van der Waals surface area contributed by atoms with E-state index in [-0.39, 0.29) is 5.75 Å². The Morgan fingerprint density at radius 2 is 1.78 bits per heavy atom. The van der Waals surface area contributed by atoms with Gasteiger partial charge in [-0.1, -0.05) is 23.9 Å². The van der Waals surface area contributed by atoms with Gasteiger partial charge in [0, 0.05) is 12.4 Å². The van der Waals surface area contributed by atoms with Crippen molar-refractivity contribution in [3.63, 3.8) is 0 Å². The van der Waals surface area contributed by atoms with Crippen LogP contribution in [0.15, 0.2) is 58.7 Å². The van der Waals surface area contributed by atoms with E-state index < -0.39 is 0 Å². The lowest BCUT2D eigenvalue weighted by atomic mass is 10.3. The molecule has 4 nitrogen and oxygen atoms in total. The molecule has 0 bridgehead atoms. The molecular weight excluding hydrogens is 246 g/mol. The van der Waals surface area contributed by atoms with E-state index in [1.54, 1.807) is 24.5 Å². The highest BCUT2D eigenvalue weighted by Gasteiger charge is 2.05. The molecule has 3 aromatic rings. The zero-order valence-electron chi connectivity index (χ0n) is 9.32. The molecule has 88 valence electrons. The van der Waals surface area contributed by atoms with Crippen molar-refractivity contribution in [1.82, 2.24) is 15.0 Å².